The van der Waals surface area contributed by atoms with Crippen LogP contribution in [0, 0.1) is 0 Å². The molecule has 1 aromatic carbocycles. The highest BCUT2D eigenvalue weighted by Gasteiger charge is 2.08. The van der Waals surface area contributed by atoms with Gasteiger partial charge in [0.15, 0.2) is 0 Å². The third kappa shape index (κ3) is 3.51. The molecule has 3 nitrogen and oxygen atoms in total. The number of ether oxygens (including phenoxy) is 1. The lowest BCUT2D eigenvalue weighted by Gasteiger charge is -2.10. The average molecular weight is 200 g/mol. The van der Waals surface area contributed by atoms with Gasteiger partial charge in [-0.15, -0.1) is 0 Å². The molecule has 0 aliphatic rings. The van der Waals surface area contributed by atoms with E-state index < -0.39 is 7.37 Å². The minimum absolute atomic E-state index is 0.577. The van der Waals surface area contributed by atoms with Gasteiger partial charge in [0.25, 0.3) is 0 Å². The van der Waals surface area contributed by atoms with E-state index in [4.69, 9.17) is 9.26 Å². The topological polar surface area (TPSA) is 35.5 Å². The van der Waals surface area contributed by atoms with E-state index in [0.717, 1.165) is 0 Å². The van der Waals surface area contributed by atoms with Crippen LogP contribution in [0.4, 0.5) is 0 Å². The molecule has 0 aliphatic heterocycles. The van der Waals surface area contributed by atoms with Crippen molar-refractivity contribution in [3.63, 3.8) is 0 Å². The summed E-state index contributed by atoms with van der Waals surface area (Å²) < 4.78 is 21.5. The van der Waals surface area contributed by atoms with E-state index in [-0.39, 0.29) is 0 Å². The summed E-state index contributed by atoms with van der Waals surface area (Å²) in [5.41, 5.74) is 0. The number of hydrogen-bond acceptors (Lipinski definition) is 3. The summed E-state index contributed by atoms with van der Waals surface area (Å²) >= 11 is 0. The molecule has 72 valence electrons. The van der Waals surface area contributed by atoms with Crippen LogP contribution in [0.5, 0.6) is 11.5 Å². The molecule has 1 rings (SSSR count). The summed E-state index contributed by atoms with van der Waals surface area (Å²) in [5.74, 6) is 1.28. The summed E-state index contributed by atoms with van der Waals surface area (Å²) in [6.07, 6.45) is 0. The van der Waals surface area contributed by atoms with Gasteiger partial charge in [0, 0.05) is 19.4 Å². The highest BCUT2D eigenvalue weighted by Crippen LogP contribution is 2.39. The zero-order valence-electron chi connectivity index (χ0n) is 7.98. The number of benzene rings is 1. The maximum atomic E-state index is 11.3. The minimum Gasteiger partial charge on any atom is -0.497 e. The molecule has 0 atom stereocenters. The molecule has 0 aliphatic carbocycles. The fraction of sp³-hybridized carbons (Fsp3) is 0.333. The molecule has 0 aromatic heterocycles. The van der Waals surface area contributed by atoms with Crippen molar-refractivity contribution in [3.8, 4) is 11.5 Å². The first kappa shape index (κ1) is 10.1. The van der Waals surface area contributed by atoms with Gasteiger partial charge in [-0.2, -0.15) is 0 Å². The van der Waals surface area contributed by atoms with E-state index in [1.807, 2.05) is 6.07 Å². The van der Waals surface area contributed by atoms with E-state index in [0.29, 0.717) is 11.5 Å². The first-order chi connectivity index (χ1) is 6.01. The first-order valence-electron chi connectivity index (χ1n) is 3.90. The fourth-order valence-corrected chi connectivity index (χ4v) is 1.53. The monoisotopic (exact) mass is 200 g/mol. The Morgan fingerprint density at radius 3 is 2.38 bits per heavy atom. The van der Waals surface area contributed by atoms with E-state index >= 15 is 0 Å². The second-order valence-corrected chi connectivity index (χ2v) is 5.71. The highest BCUT2D eigenvalue weighted by molar-refractivity contribution is 7.57. The smallest absolute Gasteiger partial charge is 0.242 e. The molecule has 0 bridgehead atoms. The van der Waals surface area contributed by atoms with Crippen molar-refractivity contribution in [3.05, 3.63) is 24.3 Å². The fourth-order valence-electron chi connectivity index (χ4n) is 0.912. The maximum Gasteiger partial charge on any atom is 0.242 e. The van der Waals surface area contributed by atoms with Gasteiger partial charge in [-0.05, 0) is 12.1 Å². The van der Waals surface area contributed by atoms with Gasteiger partial charge >= 0.3 is 0 Å². The van der Waals surface area contributed by atoms with Crippen molar-refractivity contribution in [2.45, 2.75) is 0 Å². The molecule has 0 heterocycles. The second kappa shape index (κ2) is 3.84. The number of rotatable bonds is 3. The Bertz CT molecular complexity index is 329. The van der Waals surface area contributed by atoms with Gasteiger partial charge in [-0.25, -0.2) is 0 Å². The van der Waals surface area contributed by atoms with Gasteiger partial charge in [0.05, 0.1) is 7.11 Å². The van der Waals surface area contributed by atoms with Crippen LogP contribution in [-0.4, -0.2) is 20.4 Å². The predicted octanol–water partition coefficient (Wildman–Crippen LogP) is 2.61. The van der Waals surface area contributed by atoms with Crippen LogP contribution in [0.3, 0.4) is 0 Å². The number of hydrogen-bond donors (Lipinski definition) is 0. The largest absolute Gasteiger partial charge is 0.497 e. The van der Waals surface area contributed by atoms with Crippen molar-refractivity contribution in [2.75, 3.05) is 20.4 Å². The van der Waals surface area contributed by atoms with Gasteiger partial charge in [0.2, 0.25) is 7.37 Å². The lowest BCUT2D eigenvalue weighted by Crippen LogP contribution is -1.89. The quantitative estimate of drug-likeness (QED) is 0.703. The van der Waals surface area contributed by atoms with Crippen LogP contribution in [0.2, 0.25) is 0 Å². The van der Waals surface area contributed by atoms with Crippen molar-refractivity contribution < 1.29 is 13.8 Å². The molecule has 0 radical (unpaired) electrons. The molecule has 0 fully saturated rings. The van der Waals surface area contributed by atoms with Crippen LogP contribution in [0.25, 0.3) is 0 Å². The van der Waals surface area contributed by atoms with Crippen molar-refractivity contribution in [2.24, 2.45) is 0 Å². The zero-order chi connectivity index (χ0) is 9.90. The standard InChI is InChI=1S/C9H13O3P/c1-11-8-5-4-6-9(7-8)12-13(2,3)10/h4-7H,1-3H3. The first-order valence-corrected chi connectivity index (χ1v) is 6.42. The van der Waals surface area contributed by atoms with Gasteiger partial charge < -0.3 is 9.26 Å². The molecule has 0 saturated carbocycles. The van der Waals surface area contributed by atoms with E-state index in [1.54, 1.807) is 38.6 Å². The van der Waals surface area contributed by atoms with E-state index in [1.165, 1.54) is 0 Å². The van der Waals surface area contributed by atoms with Gasteiger partial charge in [-0.1, -0.05) is 6.07 Å². The maximum absolute atomic E-state index is 11.3. The SMILES string of the molecule is COc1cccc(OP(C)(C)=O)c1. The van der Waals surface area contributed by atoms with Crippen LogP contribution in [-0.2, 0) is 4.57 Å². The Balaban J connectivity index is 2.84. The molecular formula is C9H13O3P. The summed E-state index contributed by atoms with van der Waals surface area (Å²) in [6, 6.07) is 7.06. The predicted molar refractivity (Wildman–Crippen MR) is 53.1 cm³/mol. The third-order valence-corrected chi connectivity index (χ3v) is 2.02. The van der Waals surface area contributed by atoms with Crippen LogP contribution in [0.15, 0.2) is 24.3 Å². The van der Waals surface area contributed by atoms with Gasteiger partial charge in [-0.3, -0.25) is 4.57 Å². The van der Waals surface area contributed by atoms with Gasteiger partial charge in [0.1, 0.15) is 11.5 Å². The van der Waals surface area contributed by atoms with Crippen LogP contribution < -0.4 is 9.26 Å². The third-order valence-electron chi connectivity index (χ3n) is 1.37. The van der Waals surface area contributed by atoms with Crippen molar-refractivity contribution >= 4 is 7.37 Å². The molecule has 0 amide bonds. The molecule has 0 unspecified atom stereocenters. The molecule has 4 heteroatoms. The Kier molecular flexibility index (Phi) is 2.99. The Morgan fingerprint density at radius 2 is 1.85 bits per heavy atom. The lowest BCUT2D eigenvalue weighted by atomic mass is 10.3. The Labute approximate surface area is 78.1 Å². The molecular weight excluding hydrogens is 187 g/mol. The Hall–Kier alpha value is -0.950. The van der Waals surface area contributed by atoms with Crippen molar-refractivity contribution in [1.82, 2.24) is 0 Å². The van der Waals surface area contributed by atoms with Crippen molar-refractivity contribution in [1.29, 1.82) is 0 Å². The molecule has 13 heavy (non-hydrogen) atoms. The zero-order valence-corrected chi connectivity index (χ0v) is 8.88. The molecule has 1 aromatic rings. The van der Waals surface area contributed by atoms with Crippen LogP contribution in [0.1, 0.15) is 0 Å². The van der Waals surface area contributed by atoms with E-state index in [2.05, 4.69) is 0 Å². The average Bonchev–Trinajstić information content (AvgIpc) is 2.01. The second-order valence-electron chi connectivity index (χ2n) is 3.02. The minimum atomic E-state index is -2.47. The molecule has 0 saturated heterocycles. The Morgan fingerprint density at radius 1 is 1.23 bits per heavy atom. The summed E-state index contributed by atoms with van der Waals surface area (Å²) in [4.78, 5) is 0. The molecule has 0 N–H and O–H groups in total. The summed E-state index contributed by atoms with van der Waals surface area (Å²) in [6.45, 7) is 3.15. The highest BCUT2D eigenvalue weighted by atomic mass is 31.2. The summed E-state index contributed by atoms with van der Waals surface area (Å²) in [7, 11) is -0.894. The summed E-state index contributed by atoms with van der Waals surface area (Å²) in [5, 5.41) is 0. The number of methoxy groups -OCH3 is 1. The normalized spacial score (nSPS) is 11.0. The molecule has 0 spiro atoms. The van der Waals surface area contributed by atoms with E-state index in [9.17, 15) is 4.57 Å². The lowest BCUT2D eigenvalue weighted by molar-refractivity contribution is 0.412. The van der Waals surface area contributed by atoms with Crippen LogP contribution >= 0.6 is 7.37 Å².